The van der Waals surface area contributed by atoms with Crippen LogP contribution in [0, 0.1) is 11.8 Å². The molecule has 2 aliphatic heterocycles. The van der Waals surface area contributed by atoms with Crippen molar-refractivity contribution in [2.24, 2.45) is 16.8 Å². The highest BCUT2D eigenvalue weighted by molar-refractivity contribution is 14.0. The molecule has 1 N–H and O–H groups in total. The lowest BCUT2D eigenvalue weighted by molar-refractivity contribution is 0.403. The van der Waals surface area contributed by atoms with Crippen LogP contribution < -0.4 is 5.32 Å². The molecular weight excluding hydrogens is 439 g/mol. The molecule has 26 heavy (non-hydrogen) atoms. The minimum absolute atomic E-state index is 0. The second kappa shape index (κ2) is 10.5. The van der Waals surface area contributed by atoms with E-state index in [1.54, 1.807) is 0 Å². The van der Waals surface area contributed by atoms with E-state index in [-0.39, 0.29) is 24.0 Å². The molecule has 0 radical (unpaired) electrons. The first kappa shape index (κ1) is 21.4. The van der Waals surface area contributed by atoms with Crippen LogP contribution in [0.4, 0.5) is 0 Å². The summed E-state index contributed by atoms with van der Waals surface area (Å²) in [6, 6.07) is 0. The molecule has 6 nitrogen and oxygen atoms in total. The van der Waals surface area contributed by atoms with Crippen LogP contribution in [-0.2, 0) is 19.4 Å². The smallest absolute Gasteiger partial charge is 0.193 e. The number of aromatic nitrogens is 3. The van der Waals surface area contributed by atoms with Crippen molar-refractivity contribution < 1.29 is 0 Å². The zero-order chi connectivity index (χ0) is 17.6. The molecule has 1 unspecified atom stereocenters. The Bertz CT molecular complexity index is 583. The maximum Gasteiger partial charge on any atom is 0.193 e. The molecular formula is C19H35IN6. The average molecular weight is 474 g/mol. The first-order valence-electron chi connectivity index (χ1n) is 10.0. The average Bonchev–Trinajstić information content (AvgIpc) is 3.11. The molecule has 0 aromatic carbocycles. The van der Waals surface area contributed by atoms with Gasteiger partial charge in [0.05, 0.1) is 0 Å². The summed E-state index contributed by atoms with van der Waals surface area (Å²) in [7, 11) is 1.89. The number of halogens is 1. The lowest BCUT2D eigenvalue weighted by atomic mass is 9.97. The van der Waals surface area contributed by atoms with Crippen molar-refractivity contribution in [3.05, 3.63) is 11.6 Å². The van der Waals surface area contributed by atoms with Gasteiger partial charge < -0.3 is 14.8 Å². The molecule has 7 heteroatoms. The Balaban J connectivity index is 0.00000243. The van der Waals surface area contributed by atoms with E-state index in [1.165, 1.54) is 37.9 Å². The normalized spacial score (nSPS) is 20.7. The van der Waals surface area contributed by atoms with Gasteiger partial charge in [-0.1, -0.05) is 20.3 Å². The third-order valence-electron chi connectivity index (χ3n) is 5.42. The van der Waals surface area contributed by atoms with Gasteiger partial charge in [-0.3, -0.25) is 4.99 Å². The highest BCUT2D eigenvalue weighted by atomic mass is 127. The topological polar surface area (TPSA) is 58.3 Å². The van der Waals surface area contributed by atoms with Crippen molar-refractivity contribution in [3.63, 3.8) is 0 Å². The summed E-state index contributed by atoms with van der Waals surface area (Å²) in [6.45, 7) is 8.84. The molecule has 1 saturated heterocycles. The van der Waals surface area contributed by atoms with Crippen molar-refractivity contribution >= 4 is 29.9 Å². The molecule has 0 bridgehead atoms. The Hall–Kier alpha value is -0.860. The van der Waals surface area contributed by atoms with Crippen molar-refractivity contribution in [3.8, 4) is 0 Å². The van der Waals surface area contributed by atoms with Gasteiger partial charge in [-0.25, -0.2) is 0 Å². The first-order valence-corrected chi connectivity index (χ1v) is 10.0. The minimum atomic E-state index is 0. The number of nitrogens with zero attached hydrogens (tertiary/aromatic N) is 5. The van der Waals surface area contributed by atoms with Crippen LogP contribution in [0.15, 0.2) is 4.99 Å². The van der Waals surface area contributed by atoms with Crippen LogP contribution in [0.25, 0.3) is 0 Å². The fraction of sp³-hybridized carbons (Fsp3) is 0.842. The Kier molecular flexibility index (Phi) is 8.63. The van der Waals surface area contributed by atoms with E-state index in [9.17, 15) is 0 Å². The van der Waals surface area contributed by atoms with Gasteiger partial charge in [-0.2, -0.15) is 0 Å². The molecule has 0 saturated carbocycles. The van der Waals surface area contributed by atoms with E-state index in [0.29, 0.717) is 0 Å². The Morgan fingerprint density at radius 2 is 2.08 bits per heavy atom. The lowest BCUT2D eigenvalue weighted by Gasteiger charge is -2.22. The van der Waals surface area contributed by atoms with Crippen LogP contribution in [0.3, 0.4) is 0 Å². The summed E-state index contributed by atoms with van der Waals surface area (Å²) in [6.07, 6.45) is 8.40. The highest BCUT2D eigenvalue weighted by Gasteiger charge is 2.25. The number of hydrogen-bond donors (Lipinski definition) is 1. The van der Waals surface area contributed by atoms with Gasteiger partial charge in [-0.15, -0.1) is 34.2 Å². The molecule has 148 valence electrons. The van der Waals surface area contributed by atoms with Gasteiger partial charge in [0.1, 0.15) is 11.6 Å². The summed E-state index contributed by atoms with van der Waals surface area (Å²) in [5.74, 6) is 4.93. The zero-order valence-corrected chi connectivity index (χ0v) is 18.9. The number of likely N-dealkylation sites (tertiary alicyclic amines) is 1. The molecule has 1 atom stereocenters. The van der Waals surface area contributed by atoms with Crippen molar-refractivity contribution in [2.75, 3.05) is 26.7 Å². The fourth-order valence-corrected chi connectivity index (χ4v) is 4.23. The quantitative estimate of drug-likeness (QED) is 0.405. The number of rotatable bonds is 5. The molecule has 1 aromatic rings. The van der Waals surface area contributed by atoms with Gasteiger partial charge >= 0.3 is 0 Å². The third kappa shape index (κ3) is 5.57. The molecule has 1 aromatic heterocycles. The number of aryl methyl sites for hydroxylation is 1. The van der Waals surface area contributed by atoms with Gasteiger partial charge in [-0.05, 0) is 37.5 Å². The monoisotopic (exact) mass is 474 g/mol. The number of aliphatic imine (C=N–C) groups is 1. The lowest BCUT2D eigenvalue weighted by Crippen LogP contribution is -2.41. The maximum atomic E-state index is 4.49. The van der Waals surface area contributed by atoms with Crippen LogP contribution in [0.2, 0.25) is 0 Å². The zero-order valence-electron chi connectivity index (χ0n) is 16.6. The maximum absolute atomic E-state index is 4.49. The third-order valence-corrected chi connectivity index (χ3v) is 5.42. The first-order chi connectivity index (χ1) is 12.2. The predicted octanol–water partition coefficient (Wildman–Crippen LogP) is 3.11. The van der Waals surface area contributed by atoms with E-state index < -0.39 is 0 Å². The SMILES string of the molecule is CN=C(NCCc1nnc2n1CCCCC2)N1CCC(CC(C)C)C1.I. The second-order valence-corrected chi connectivity index (χ2v) is 7.95. The molecule has 3 heterocycles. The molecule has 3 rings (SSSR count). The van der Waals surface area contributed by atoms with E-state index >= 15 is 0 Å². The highest BCUT2D eigenvalue weighted by Crippen LogP contribution is 2.23. The number of guanidine groups is 1. The van der Waals surface area contributed by atoms with Crippen LogP contribution in [0.1, 0.15) is 57.6 Å². The van der Waals surface area contributed by atoms with Crippen molar-refractivity contribution in [1.82, 2.24) is 25.0 Å². The Morgan fingerprint density at radius 3 is 2.85 bits per heavy atom. The Labute approximate surface area is 175 Å². The van der Waals surface area contributed by atoms with Crippen LogP contribution >= 0.6 is 24.0 Å². The summed E-state index contributed by atoms with van der Waals surface area (Å²) in [5, 5.41) is 12.4. The second-order valence-electron chi connectivity index (χ2n) is 7.95. The summed E-state index contributed by atoms with van der Waals surface area (Å²) in [5.41, 5.74) is 0. The summed E-state index contributed by atoms with van der Waals surface area (Å²) < 4.78 is 2.34. The van der Waals surface area contributed by atoms with Crippen LogP contribution in [-0.4, -0.2) is 52.3 Å². The minimum Gasteiger partial charge on any atom is -0.356 e. The predicted molar refractivity (Wildman–Crippen MR) is 117 cm³/mol. The van der Waals surface area contributed by atoms with Gasteiger partial charge in [0, 0.05) is 46.1 Å². The molecule has 1 fully saturated rings. The van der Waals surface area contributed by atoms with E-state index in [4.69, 9.17) is 0 Å². The van der Waals surface area contributed by atoms with Crippen molar-refractivity contribution in [2.45, 2.75) is 65.3 Å². The number of fused-ring (bicyclic) bond motifs is 1. The number of nitrogens with one attached hydrogen (secondary N) is 1. The van der Waals surface area contributed by atoms with E-state index in [2.05, 4.69) is 43.8 Å². The van der Waals surface area contributed by atoms with E-state index in [1.807, 2.05) is 7.05 Å². The van der Waals surface area contributed by atoms with Crippen molar-refractivity contribution in [1.29, 1.82) is 0 Å². The molecule has 2 aliphatic rings. The standard InChI is InChI=1S/C19H34N6.HI/c1-15(2)13-16-9-12-24(14-16)19(20-3)21-10-8-18-23-22-17-7-5-4-6-11-25(17)18;/h15-16H,4-14H2,1-3H3,(H,20,21);1H. The Morgan fingerprint density at radius 1 is 1.23 bits per heavy atom. The van der Waals surface area contributed by atoms with Gasteiger partial charge in [0.25, 0.3) is 0 Å². The van der Waals surface area contributed by atoms with Crippen LogP contribution in [0.5, 0.6) is 0 Å². The van der Waals surface area contributed by atoms with Gasteiger partial charge in [0.15, 0.2) is 5.96 Å². The number of hydrogen-bond acceptors (Lipinski definition) is 3. The largest absolute Gasteiger partial charge is 0.356 e. The molecule has 0 aliphatic carbocycles. The summed E-state index contributed by atoms with van der Waals surface area (Å²) in [4.78, 5) is 6.91. The molecule has 0 spiro atoms. The fourth-order valence-electron chi connectivity index (χ4n) is 4.23. The van der Waals surface area contributed by atoms with E-state index in [0.717, 1.165) is 62.6 Å². The van der Waals surface area contributed by atoms with Gasteiger partial charge in [0.2, 0.25) is 0 Å². The summed E-state index contributed by atoms with van der Waals surface area (Å²) >= 11 is 0. The molecule has 0 amide bonds.